The van der Waals surface area contributed by atoms with E-state index in [1.54, 1.807) is 24.5 Å². The van der Waals surface area contributed by atoms with Gasteiger partial charge in [0.1, 0.15) is 0 Å². The van der Waals surface area contributed by atoms with Gasteiger partial charge in [0.25, 0.3) is 5.91 Å². The van der Waals surface area contributed by atoms with Crippen molar-refractivity contribution in [3.8, 4) is 0 Å². The quantitative estimate of drug-likeness (QED) is 0.832. The van der Waals surface area contributed by atoms with Crippen LogP contribution in [-0.2, 0) is 21.3 Å². The minimum absolute atomic E-state index is 0.0397. The number of hydrogen-bond acceptors (Lipinski definition) is 5. The van der Waals surface area contributed by atoms with Crippen molar-refractivity contribution in [1.82, 2.24) is 14.6 Å². The second-order valence-electron chi connectivity index (χ2n) is 5.70. The highest BCUT2D eigenvalue weighted by molar-refractivity contribution is 7.89. The van der Waals surface area contributed by atoms with Crippen molar-refractivity contribution in [3.63, 3.8) is 0 Å². The van der Waals surface area contributed by atoms with E-state index in [1.165, 1.54) is 22.5 Å². The first-order valence-corrected chi connectivity index (χ1v) is 9.85. The van der Waals surface area contributed by atoms with Crippen molar-refractivity contribution < 1.29 is 17.9 Å². The summed E-state index contributed by atoms with van der Waals surface area (Å²) in [6.45, 7) is 1.57. The molecule has 1 aliphatic heterocycles. The Labute approximate surface area is 157 Å². The summed E-state index contributed by atoms with van der Waals surface area (Å²) in [5.74, 6) is -0.439. The Morgan fingerprint density at radius 1 is 1.19 bits per heavy atom. The molecular weight excluding hydrogens is 378 g/mol. The minimum atomic E-state index is -3.70. The topological polar surface area (TPSA) is 88.6 Å². The zero-order valence-electron chi connectivity index (χ0n) is 13.9. The molecule has 0 unspecified atom stereocenters. The van der Waals surface area contributed by atoms with Gasteiger partial charge in [-0.2, -0.15) is 4.31 Å². The molecular formula is C17H18ClN3O4S. The van der Waals surface area contributed by atoms with E-state index in [4.69, 9.17) is 16.3 Å². The van der Waals surface area contributed by atoms with Crippen LogP contribution in [0.2, 0.25) is 5.02 Å². The van der Waals surface area contributed by atoms with Gasteiger partial charge in [0.15, 0.2) is 0 Å². The maximum atomic E-state index is 12.7. The number of nitrogens with zero attached hydrogens (tertiary/aromatic N) is 2. The zero-order chi connectivity index (χ0) is 18.6. The minimum Gasteiger partial charge on any atom is -0.379 e. The van der Waals surface area contributed by atoms with Crippen LogP contribution in [0.3, 0.4) is 0 Å². The van der Waals surface area contributed by atoms with Crippen LogP contribution in [0.25, 0.3) is 0 Å². The van der Waals surface area contributed by atoms with Crippen LogP contribution in [0.4, 0.5) is 0 Å². The van der Waals surface area contributed by atoms with E-state index < -0.39 is 15.9 Å². The molecule has 0 saturated carbocycles. The molecule has 7 nitrogen and oxygen atoms in total. The third-order valence-electron chi connectivity index (χ3n) is 3.99. The van der Waals surface area contributed by atoms with Crippen LogP contribution in [0.1, 0.15) is 15.9 Å². The first kappa shape index (κ1) is 18.8. The van der Waals surface area contributed by atoms with Crippen LogP contribution >= 0.6 is 11.6 Å². The third-order valence-corrected chi connectivity index (χ3v) is 6.22. The lowest BCUT2D eigenvalue weighted by atomic mass is 10.2. The molecule has 2 heterocycles. The lowest BCUT2D eigenvalue weighted by Crippen LogP contribution is -2.40. The van der Waals surface area contributed by atoms with Crippen LogP contribution < -0.4 is 5.32 Å². The number of hydrogen-bond donors (Lipinski definition) is 1. The molecule has 0 radical (unpaired) electrons. The van der Waals surface area contributed by atoms with E-state index in [0.717, 1.165) is 5.56 Å². The smallest absolute Gasteiger partial charge is 0.253 e. The maximum absolute atomic E-state index is 12.7. The van der Waals surface area contributed by atoms with E-state index in [1.807, 2.05) is 0 Å². The Morgan fingerprint density at radius 3 is 2.58 bits per heavy atom. The summed E-state index contributed by atoms with van der Waals surface area (Å²) in [5, 5.41) is 2.93. The molecule has 1 saturated heterocycles. The van der Waals surface area contributed by atoms with Crippen LogP contribution in [0.5, 0.6) is 0 Å². The Morgan fingerprint density at radius 2 is 1.88 bits per heavy atom. The Hall–Kier alpha value is -2.00. The highest BCUT2D eigenvalue weighted by atomic mass is 35.5. The summed E-state index contributed by atoms with van der Waals surface area (Å²) >= 11 is 6.11. The second-order valence-corrected chi connectivity index (χ2v) is 8.04. The summed E-state index contributed by atoms with van der Waals surface area (Å²) in [4.78, 5) is 16.4. The van der Waals surface area contributed by atoms with Crippen LogP contribution in [-0.4, -0.2) is 49.9 Å². The van der Waals surface area contributed by atoms with Crippen molar-refractivity contribution >= 4 is 27.5 Å². The van der Waals surface area contributed by atoms with Crippen molar-refractivity contribution in [1.29, 1.82) is 0 Å². The third kappa shape index (κ3) is 4.21. The van der Waals surface area contributed by atoms with Gasteiger partial charge >= 0.3 is 0 Å². The van der Waals surface area contributed by atoms with E-state index in [-0.39, 0.29) is 35.1 Å². The van der Waals surface area contributed by atoms with Gasteiger partial charge < -0.3 is 10.1 Å². The van der Waals surface area contributed by atoms with Gasteiger partial charge in [0.05, 0.1) is 28.7 Å². The number of pyridine rings is 1. The highest BCUT2D eigenvalue weighted by Crippen LogP contribution is 2.23. The number of carbonyl (C=O) groups is 1. The van der Waals surface area contributed by atoms with Gasteiger partial charge in [0.2, 0.25) is 10.0 Å². The van der Waals surface area contributed by atoms with Crippen molar-refractivity contribution in [3.05, 3.63) is 58.9 Å². The molecule has 1 aromatic carbocycles. The number of halogens is 1. The second kappa shape index (κ2) is 8.13. The number of carbonyl (C=O) groups excluding carboxylic acids is 1. The maximum Gasteiger partial charge on any atom is 0.253 e. The van der Waals surface area contributed by atoms with E-state index in [2.05, 4.69) is 10.3 Å². The number of ether oxygens (including phenoxy) is 1. The fourth-order valence-corrected chi connectivity index (χ4v) is 4.19. The summed E-state index contributed by atoms with van der Waals surface area (Å²) < 4.78 is 32.0. The van der Waals surface area contributed by atoms with E-state index in [0.29, 0.717) is 13.2 Å². The standard InChI is InChI=1S/C17H18ClN3O4S/c18-16-2-1-14(26(23,24)21-7-9-25-10-8-21)11-15(16)17(22)20-12-13-3-5-19-6-4-13/h1-6,11H,7-10,12H2,(H,20,22). The fraction of sp³-hybridized carbons (Fsp3) is 0.294. The van der Waals surface area contributed by atoms with Gasteiger partial charge in [-0.05, 0) is 35.9 Å². The molecule has 0 atom stereocenters. The normalized spacial score (nSPS) is 15.6. The van der Waals surface area contributed by atoms with Gasteiger partial charge in [-0.15, -0.1) is 0 Å². The van der Waals surface area contributed by atoms with Crippen LogP contribution in [0.15, 0.2) is 47.6 Å². The average molecular weight is 396 g/mol. The molecule has 1 aromatic heterocycles. The lowest BCUT2D eigenvalue weighted by Gasteiger charge is -2.26. The zero-order valence-corrected chi connectivity index (χ0v) is 15.5. The number of sulfonamides is 1. The summed E-state index contributed by atoms with van der Waals surface area (Å²) in [6.07, 6.45) is 3.26. The molecule has 9 heteroatoms. The highest BCUT2D eigenvalue weighted by Gasteiger charge is 2.27. The molecule has 138 valence electrons. The molecule has 3 rings (SSSR count). The molecule has 26 heavy (non-hydrogen) atoms. The Bertz CT molecular complexity index is 884. The summed E-state index contributed by atoms with van der Waals surface area (Å²) in [5.41, 5.74) is 0.997. The Kier molecular flexibility index (Phi) is 5.87. The van der Waals surface area contributed by atoms with Gasteiger partial charge in [-0.3, -0.25) is 9.78 Å². The van der Waals surface area contributed by atoms with E-state index in [9.17, 15) is 13.2 Å². The Balaban J connectivity index is 1.79. The molecule has 2 aromatic rings. The number of benzene rings is 1. The molecule has 0 spiro atoms. The number of aromatic nitrogens is 1. The monoisotopic (exact) mass is 395 g/mol. The molecule has 1 aliphatic rings. The predicted molar refractivity (Wildman–Crippen MR) is 96.4 cm³/mol. The SMILES string of the molecule is O=C(NCc1ccncc1)c1cc(S(=O)(=O)N2CCOCC2)ccc1Cl. The number of amides is 1. The van der Waals surface area contributed by atoms with Gasteiger partial charge in [0, 0.05) is 32.0 Å². The lowest BCUT2D eigenvalue weighted by molar-refractivity contribution is 0.0730. The summed E-state index contributed by atoms with van der Waals surface area (Å²) in [6, 6.07) is 7.71. The molecule has 0 bridgehead atoms. The molecule has 1 N–H and O–H groups in total. The van der Waals surface area contributed by atoms with Crippen molar-refractivity contribution in [2.24, 2.45) is 0 Å². The van der Waals surface area contributed by atoms with Crippen molar-refractivity contribution in [2.45, 2.75) is 11.4 Å². The first-order valence-electron chi connectivity index (χ1n) is 8.03. The average Bonchev–Trinajstić information content (AvgIpc) is 2.68. The molecule has 0 aliphatic carbocycles. The molecule has 1 fully saturated rings. The largest absolute Gasteiger partial charge is 0.379 e. The first-order chi connectivity index (χ1) is 12.5. The number of nitrogens with one attached hydrogen (secondary N) is 1. The summed E-state index contributed by atoms with van der Waals surface area (Å²) in [7, 11) is -3.70. The van der Waals surface area contributed by atoms with Gasteiger partial charge in [-0.1, -0.05) is 11.6 Å². The molecule has 1 amide bonds. The number of morpholine rings is 1. The van der Waals surface area contributed by atoms with Gasteiger partial charge in [-0.25, -0.2) is 8.42 Å². The fourth-order valence-electron chi connectivity index (χ4n) is 2.55. The van der Waals surface area contributed by atoms with Crippen molar-refractivity contribution in [2.75, 3.05) is 26.3 Å². The number of rotatable bonds is 5. The predicted octanol–water partition coefficient (Wildman–Crippen LogP) is 1.69. The van der Waals surface area contributed by atoms with E-state index >= 15 is 0 Å². The van der Waals surface area contributed by atoms with Crippen LogP contribution in [0, 0.1) is 0 Å².